The summed E-state index contributed by atoms with van der Waals surface area (Å²) < 4.78 is 15.9. The molecule has 0 saturated heterocycles. The third-order valence-electron chi connectivity index (χ3n) is 5.75. The van der Waals surface area contributed by atoms with Crippen molar-refractivity contribution in [2.45, 2.75) is 6.92 Å². The van der Waals surface area contributed by atoms with Gasteiger partial charge in [0.15, 0.2) is 0 Å². The monoisotopic (exact) mass is 410 g/mol. The topological polar surface area (TPSA) is 55.1 Å². The van der Waals surface area contributed by atoms with Gasteiger partial charge >= 0.3 is 5.97 Å². The summed E-state index contributed by atoms with van der Waals surface area (Å²) in [5.74, 6) is -1.58. The van der Waals surface area contributed by atoms with Crippen molar-refractivity contribution in [2.24, 2.45) is 7.05 Å². The zero-order valence-electron chi connectivity index (χ0n) is 17.1. The highest BCUT2D eigenvalue weighted by molar-refractivity contribution is 6.08. The van der Waals surface area contributed by atoms with E-state index in [9.17, 15) is 14.3 Å². The highest BCUT2D eigenvalue weighted by atomic mass is 19.1. The van der Waals surface area contributed by atoms with Gasteiger partial charge in [0.1, 0.15) is 5.82 Å². The number of carboxylic acids is 1. The molecule has 0 aliphatic carbocycles. The number of carboxylic acid groups (broad SMARTS) is 1. The van der Waals surface area contributed by atoms with Gasteiger partial charge in [-0.2, -0.15) is 0 Å². The first kappa shape index (κ1) is 19.0. The molecule has 1 N–H and O–H groups in total. The Kier molecular flexibility index (Phi) is 4.33. The maximum atomic E-state index is 13.8. The lowest BCUT2D eigenvalue weighted by Gasteiger charge is -2.12. The Morgan fingerprint density at radius 1 is 0.968 bits per heavy atom. The first-order valence-electron chi connectivity index (χ1n) is 9.92. The van der Waals surface area contributed by atoms with Gasteiger partial charge in [0.2, 0.25) is 0 Å². The molecule has 0 radical (unpaired) electrons. The number of halogens is 1. The fourth-order valence-corrected chi connectivity index (χ4v) is 4.38. The molecule has 2 heterocycles. The molecular formula is C26H19FN2O2. The smallest absolute Gasteiger partial charge is 0.336 e. The molecular weight excluding hydrogens is 391 g/mol. The van der Waals surface area contributed by atoms with Gasteiger partial charge in [0.05, 0.1) is 22.3 Å². The van der Waals surface area contributed by atoms with Crippen LogP contribution in [-0.2, 0) is 7.05 Å². The molecule has 0 atom stereocenters. The van der Waals surface area contributed by atoms with Gasteiger partial charge in [-0.25, -0.2) is 14.2 Å². The molecule has 4 nitrogen and oxygen atoms in total. The predicted molar refractivity (Wildman–Crippen MR) is 121 cm³/mol. The number of pyridine rings is 1. The fourth-order valence-electron chi connectivity index (χ4n) is 4.38. The van der Waals surface area contributed by atoms with Gasteiger partial charge in [-0.3, -0.25) is 0 Å². The average Bonchev–Trinajstić information content (AvgIpc) is 3.10. The van der Waals surface area contributed by atoms with E-state index in [4.69, 9.17) is 4.98 Å². The molecule has 0 fully saturated rings. The number of carbonyl (C=O) groups is 1. The van der Waals surface area contributed by atoms with E-state index in [0.717, 1.165) is 27.6 Å². The highest BCUT2D eigenvalue weighted by Crippen LogP contribution is 2.38. The van der Waals surface area contributed by atoms with Crippen LogP contribution in [-0.4, -0.2) is 20.6 Å². The number of aromatic nitrogens is 2. The SMILES string of the molecule is Cc1c(-c2cn(C)c3c(-c4ccccc4)cccc23)nc2ccc(F)cc2c1C(=O)O. The third kappa shape index (κ3) is 2.97. The average molecular weight is 410 g/mol. The zero-order chi connectivity index (χ0) is 21.7. The van der Waals surface area contributed by atoms with Crippen molar-refractivity contribution in [1.29, 1.82) is 0 Å². The number of nitrogens with zero attached hydrogens (tertiary/aromatic N) is 2. The first-order chi connectivity index (χ1) is 15.0. The quantitative estimate of drug-likeness (QED) is 0.385. The molecule has 5 rings (SSSR count). The van der Waals surface area contributed by atoms with Gasteiger partial charge in [0.25, 0.3) is 0 Å². The second kappa shape index (κ2) is 7.06. The van der Waals surface area contributed by atoms with E-state index < -0.39 is 11.8 Å². The van der Waals surface area contributed by atoms with E-state index in [2.05, 4.69) is 18.2 Å². The molecule has 0 unspecified atom stereocenters. The lowest BCUT2D eigenvalue weighted by molar-refractivity contribution is 0.0698. The summed E-state index contributed by atoms with van der Waals surface area (Å²) in [5.41, 5.74) is 5.72. The Balaban J connectivity index is 1.84. The minimum atomic E-state index is -1.10. The van der Waals surface area contributed by atoms with E-state index in [1.807, 2.05) is 48.1 Å². The first-order valence-corrected chi connectivity index (χ1v) is 9.92. The van der Waals surface area contributed by atoms with Crippen LogP contribution in [0.2, 0.25) is 0 Å². The molecule has 3 aromatic carbocycles. The summed E-state index contributed by atoms with van der Waals surface area (Å²) in [6.45, 7) is 1.73. The normalized spacial score (nSPS) is 11.3. The number of rotatable bonds is 3. The molecule has 2 aromatic heterocycles. The molecule has 5 heteroatoms. The van der Waals surface area contributed by atoms with Crippen molar-refractivity contribution in [3.05, 3.63) is 89.9 Å². The number of fused-ring (bicyclic) bond motifs is 2. The molecule has 0 aliphatic rings. The van der Waals surface area contributed by atoms with Crippen LogP contribution < -0.4 is 0 Å². The van der Waals surface area contributed by atoms with Crippen LogP contribution in [0.3, 0.4) is 0 Å². The summed E-state index contributed by atoms with van der Waals surface area (Å²) >= 11 is 0. The van der Waals surface area contributed by atoms with Crippen LogP contribution in [0.1, 0.15) is 15.9 Å². The van der Waals surface area contributed by atoms with Crippen molar-refractivity contribution in [2.75, 3.05) is 0 Å². The maximum absolute atomic E-state index is 13.8. The summed E-state index contributed by atoms with van der Waals surface area (Å²) in [5, 5.41) is 11.2. The number of hydrogen-bond donors (Lipinski definition) is 1. The van der Waals surface area contributed by atoms with Gasteiger partial charge in [-0.1, -0.05) is 48.5 Å². The summed E-state index contributed by atoms with van der Waals surface area (Å²) in [6.07, 6.45) is 1.98. The van der Waals surface area contributed by atoms with Crippen LogP contribution >= 0.6 is 0 Å². The molecule has 31 heavy (non-hydrogen) atoms. The van der Waals surface area contributed by atoms with Crippen molar-refractivity contribution >= 4 is 27.8 Å². The number of benzene rings is 3. The standard InChI is InChI=1S/C26H19FN2O2/c1-15-23(26(30)31)20-13-17(27)11-12-22(20)28-24(15)21-14-29(2)25-18(9-6-10-19(21)25)16-7-4-3-5-8-16/h3-14H,1-2H3,(H,30,31). The van der Waals surface area contributed by atoms with E-state index in [1.165, 1.54) is 18.2 Å². The highest BCUT2D eigenvalue weighted by Gasteiger charge is 2.22. The number of hydrogen-bond acceptors (Lipinski definition) is 2. The molecule has 0 spiro atoms. The predicted octanol–water partition coefficient (Wildman–Crippen LogP) is 6.21. The van der Waals surface area contributed by atoms with Gasteiger partial charge in [-0.15, -0.1) is 0 Å². The van der Waals surface area contributed by atoms with E-state index >= 15 is 0 Å². The molecule has 0 bridgehead atoms. The van der Waals surface area contributed by atoms with Crippen LogP contribution in [0.4, 0.5) is 4.39 Å². The summed E-state index contributed by atoms with van der Waals surface area (Å²) in [7, 11) is 1.97. The Hall–Kier alpha value is -3.99. The third-order valence-corrected chi connectivity index (χ3v) is 5.75. The maximum Gasteiger partial charge on any atom is 0.336 e. The van der Waals surface area contributed by atoms with Crippen molar-refractivity contribution in [1.82, 2.24) is 9.55 Å². The molecule has 0 saturated carbocycles. The number of aryl methyl sites for hydroxylation is 1. The van der Waals surface area contributed by atoms with E-state index in [1.54, 1.807) is 6.92 Å². The Morgan fingerprint density at radius 3 is 2.48 bits per heavy atom. The molecule has 0 amide bonds. The van der Waals surface area contributed by atoms with Crippen molar-refractivity contribution < 1.29 is 14.3 Å². The second-order valence-electron chi connectivity index (χ2n) is 7.65. The minimum Gasteiger partial charge on any atom is -0.478 e. The summed E-state index contributed by atoms with van der Waals surface area (Å²) in [6, 6.07) is 20.3. The molecule has 5 aromatic rings. The van der Waals surface area contributed by atoms with Gasteiger partial charge < -0.3 is 9.67 Å². The van der Waals surface area contributed by atoms with Gasteiger partial charge in [0, 0.05) is 35.1 Å². The molecule has 0 aliphatic heterocycles. The van der Waals surface area contributed by atoms with Crippen molar-refractivity contribution in [3.8, 4) is 22.4 Å². The molecule has 152 valence electrons. The van der Waals surface area contributed by atoms with Crippen LogP contribution in [0, 0.1) is 12.7 Å². The second-order valence-corrected chi connectivity index (χ2v) is 7.65. The summed E-state index contributed by atoms with van der Waals surface area (Å²) in [4.78, 5) is 16.8. The Labute approximate surface area is 178 Å². The lowest BCUT2D eigenvalue weighted by Crippen LogP contribution is -2.05. The zero-order valence-corrected chi connectivity index (χ0v) is 17.1. The van der Waals surface area contributed by atoms with Crippen LogP contribution in [0.15, 0.2) is 72.9 Å². The number of para-hydroxylation sites is 1. The Bertz CT molecular complexity index is 1490. The van der Waals surface area contributed by atoms with Crippen LogP contribution in [0.25, 0.3) is 44.2 Å². The Morgan fingerprint density at radius 2 is 1.74 bits per heavy atom. The fraction of sp³-hybridized carbons (Fsp3) is 0.0769. The lowest BCUT2D eigenvalue weighted by atomic mass is 9.96. The van der Waals surface area contributed by atoms with Crippen molar-refractivity contribution in [3.63, 3.8) is 0 Å². The van der Waals surface area contributed by atoms with Gasteiger partial charge in [-0.05, 0) is 36.2 Å². The largest absolute Gasteiger partial charge is 0.478 e. The minimum absolute atomic E-state index is 0.0794. The van der Waals surface area contributed by atoms with E-state index in [-0.39, 0.29) is 5.56 Å². The van der Waals surface area contributed by atoms with Crippen LogP contribution in [0.5, 0.6) is 0 Å². The van der Waals surface area contributed by atoms with E-state index in [0.29, 0.717) is 22.2 Å². The number of aromatic carboxylic acids is 1.